The van der Waals surface area contributed by atoms with Crippen molar-refractivity contribution >= 4 is 34.6 Å². The molecule has 0 radical (unpaired) electrons. The number of nitrogens with one attached hydrogen (secondary N) is 2. The first-order valence-corrected chi connectivity index (χ1v) is 19.1. The Bertz CT molecular complexity index is 2050. The molecule has 2 N–H and O–H groups in total. The quantitative estimate of drug-likeness (QED) is 0.143. The second kappa shape index (κ2) is 16.4. The summed E-state index contributed by atoms with van der Waals surface area (Å²) in [5.74, 6) is -1.21. The van der Waals surface area contributed by atoms with E-state index in [0.29, 0.717) is 53.4 Å². The molecule has 1 aliphatic carbocycles. The van der Waals surface area contributed by atoms with E-state index < -0.39 is 23.5 Å². The maximum atomic E-state index is 14.9. The number of benzene rings is 3. The van der Waals surface area contributed by atoms with Crippen molar-refractivity contribution in [2.75, 3.05) is 73.6 Å². The van der Waals surface area contributed by atoms with Gasteiger partial charge in [0, 0.05) is 94.2 Å². The van der Waals surface area contributed by atoms with Crippen LogP contribution >= 0.6 is 0 Å². The number of halogens is 3. The highest BCUT2D eigenvalue weighted by Crippen LogP contribution is 2.41. The maximum absolute atomic E-state index is 14.9. The summed E-state index contributed by atoms with van der Waals surface area (Å²) in [6.07, 6.45) is 7.87. The third-order valence-corrected chi connectivity index (χ3v) is 10.9. The topological polar surface area (TPSA) is 108 Å². The number of hydrogen-bond acceptors (Lipinski definition) is 11. The molecule has 12 nitrogen and oxygen atoms in total. The van der Waals surface area contributed by atoms with Crippen LogP contribution in [-0.2, 0) is 9.63 Å². The highest BCUT2D eigenvalue weighted by Gasteiger charge is 2.34. The van der Waals surface area contributed by atoms with Gasteiger partial charge < -0.3 is 25.0 Å². The van der Waals surface area contributed by atoms with Gasteiger partial charge in [0.05, 0.1) is 36.8 Å². The van der Waals surface area contributed by atoms with Crippen LogP contribution in [0.15, 0.2) is 73.6 Å². The molecule has 1 saturated carbocycles. The standard InChI is InChI=1S/C41H45F3N8O4/c1-3-41(53)48-34-22-35(38(54-2)23-37(34)51-9-6-31(7-10-51)50-13-11-49(12-14-50)30-4-5-30)47-39-24-40(46-25-45-39)52-36(8-15-55-52)26-16-27(42)19-32(17-26)56-33-20-28(43)18-29(44)21-33/h3,16-25,30-31,36H,1,4-15H2,2H3,(H,48,53)(H,45,46,47). The molecule has 3 saturated heterocycles. The van der Waals surface area contributed by atoms with Crippen LogP contribution in [0.1, 0.15) is 43.7 Å². The molecule has 3 aliphatic heterocycles. The normalized spacial score (nSPS) is 19.5. The predicted molar refractivity (Wildman–Crippen MR) is 207 cm³/mol. The Labute approximate surface area is 323 Å². The van der Waals surface area contributed by atoms with E-state index in [1.807, 2.05) is 12.1 Å². The third kappa shape index (κ3) is 8.54. The molecule has 294 valence electrons. The Kier molecular flexibility index (Phi) is 11.0. The Hall–Kier alpha value is -5.38. The van der Waals surface area contributed by atoms with Crippen LogP contribution in [0.4, 0.5) is 41.9 Å². The second-order valence-electron chi connectivity index (χ2n) is 14.6. The molecular weight excluding hydrogens is 725 g/mol. The molecule has 56 heavy (non-hydrogen) atoms. The van der Waals surface area contributed by atoms with Crippen molar-refractivity contribution in [3.8, 4) is 17.2 Å². The van der Waals surface area contributed by atoms with Gasteiger partial charge in [0.25, 0.3) is 0 Å². The lowest BCUT2D eigenvalue weighted by Gasteiger charge is -2.43. The van der Waals surface area contributed by atoms with Crippen LogP contribution < -0.4 is 30.1 Å². The number of rotatable bonds is 12. The molecular formula is C41H45F3N8O4. The number of anilines is 5. The first-order chi connectivity index (χ1) is 27.2. The highest BCUT2D eigenvalue weighted by atomic mass is 19.1. The summed E-state index contributed by atoms with van der Waals surface area (Å²) < 4.78 is 54.0. The largest absolute Gasteiger partial charge is 0.494 e. The SMILES string of the molecule is C=CC(=O)Nc1cc(Nc2cc(N3OCCC3c3cc(F)cc(Oc4cc(F)cc(F)c4)c3)ncn2)c(OC)cc1N1CCC(N2CCN(C3CC3)CC2)CC1. The number of hydroxylamine groups is 1. The number of piperazine rings is 1. The van der Waals surface area contributed by atoms with Crippen molar-refractivity contribution in [1.29, 1.82) is 0 Å². The molecule has 1 aromatic heterocycles. The summed E-state index contributed by atoms with van der Waals surface area (Å²) in [5, 5.41) is 7.88. The fourth-order valence-electron chi connectivity index (χ4n) is 7.99. The smallest absolute Gasteiger partial charge is 0.247 e. The van der Waals surface area contributed by atoms with Gasteiger partial charge in [-0.15, -0.1) is 0 Å². The Morgan fingerprint density at radius 1 is 0.804 bits per heavy atom. The van der Waals surface area contributed by atoms with Gasteiger partial charge in [-0.2, -0.15) is 0 Å². The van der Waals surface area contributed by atoms with E-state index in [2.05, 4.69) is 41.9 Å². The molecule has 15 heteroatoms. The van der Waals surface area contributed by atoms with Crippen molar-refractivity contribution in [2.24, 2.45) is 0 Å². The van der Waals surface area contributed by atoms with Gasteiger partial charge in [0.2, 0.25) is 5.91 Å². The van der Waals surface area contributed by atoms with E-state index in [-0.39, 0.29) is 17.4 Å². The average molecular weight is 771 g/mol. The van der Waals surface area contributed by atoms with Gasteiger partial charge in [0.1, 0.15) is 46.8 Å². The molecule has 0 bridgehead atoms. The van der Waals surface area contributed by atoms with Gasteiger partial charge in [0.15, 0.2) is 5.82 Å². The summed E-state index contributed by atoms with van der Waals surface area (Å²) in [6.45, 7) is 10.2. The van der Waals surface area contributed by atoms with Crippen molar-refractivity contribution < 1.29 is 32.3 Å². The van der Waals surface area contributed by atoms with E-state index in [1.165, 1.54) is 31.3 Å². The molecule has 1 unspecified atom stereocenters. The van der Waals surface area contributed by atoms with Crippen LogP contribution in [0.3, 0.4) is 0 Å². The number of methoxy groups -OCH3 is 1. The van der Waals surface area contributed by atoms with Crippen molar-refractivity contribution in [3.05, 3.63) is 96.6 Å². The first-order valence-electron chi connectivity index (χ1n) is 19.1. The summed E-state index contributed by atoms with van der Waals surface area (Å²) in [4.78, 5) is 35.1. The lowest BCUT2D eigenvalue weighted by Crippen LogP contribution is -2.53. The van der Waals surface area contributed by atoms with Crippen LogP contribution in [0.5, 0.6) is 17.2 Å². The van der Waals surface area contributed by atoms with Crippen LogP contribution in [0.25, 0.3) is 0 Å². The van der Waals surface area contributed by atoms with E-state index in [4.69, 9.17) is 14.3 Å². The van der Waals surface area contributed by atoms with Gasteiger partial charge in [-0.3, -0.25) is 19.4 Å². The Morgan fingerprint density at radius 3 is 2.12 bits per heavy atom. The van der Waals surface area contributed by atoms with Crippen molar-refractivity contribution in [2.45, 2.75) is 50.2 Å². The van der Waals surface area contributed by atoms with Gasteiger partial charge >= 0.3 is 0 Å². The number of hydrogen-bond donors (Lipinski definition) is 2. The zero-order chi connectivity index (χ0) is 38.8. The number of piperidine rings is 1. The lowest BCUT2D eigenvalue weighted by molar-refractivity contribution is -0.111. The summed E-state index contributed by atoms with van der Waals surface area (Å²) in [5.41, 5.74) is 2.54. The van der Waals surface area contributed by atoms with Crippen molar-refractivity contribution in [1.82, 2.24) is 19.8 Å². The van der Waals surface area contributed by atoms with Crippen LogP contribution in [0.2, 0.25) is 0 Å². The van der Waals surface area contributed by atoms with Gasteiger partial charge in [-0.05, 0) is 55.5 Å². The molecule has 1 amide bonds. The minimum atomic E-state index is -0.810. The average Bonchev–Trinajstić information content (AvgIpc) is 3.93. The molecule has 4 aliphatic rings. The molecule has 4 fully saturated rings. The minimum Gasteiger partial charge on any atom is -0.494 e. The van der Waals surface area contributed by atoms with E-state index in [0.717, 1.165) is 88.1 Å². The number of amides is 1. The number of carbonyl (C=O) groups excluding carboxylic acids is 1. The minimum absolute atomic E-state index is 0.0726. The summed E-state index contributed by atoms with van der Waals surface area (Å²) >= 11 is 0. The summed E-state index contributed by atoms with van der Waals surface area (Å²) in [7, 11) is 1.59. The lowest BCUT2D eigenvalue weighted by atomic mass is 10.0. The van der Waals surface area contributed by atoms with E-state index in [9.17, 15) is 18.0 Å². The highest BCUT2D eigenvalue weighted by molar-refractivity contribution is 6.02. The predicted octanol–water partition coefficient (Wildman–Crippen LogP) is 7.19. The number of nitrogens with zero attached hydrogens (tertiary/aromatic N) is 6. The zero-order valence-electron chi connectivity index (χ0n) is 31.2. The Morgan fingerprint density at radius 2 is 1.46 bits per heavy atom. The fourth-order valence-corrected chi connectivity index (χ4v) is 7.99. The van der Waals surface area contributed by atoms with Gasteiger partial charge in [-0.1, -0.05) is 6.58 Å². The zero-order valence-corrected chi connectivity index (χ0v) is 31.2. The molecule has 8 rings (SSSR count). The maximum Gasteiger partial charge on any atom is 0.247 e. The molecule has 3 aromatic carbocycles. The van der Waals surface area contributed by atoms with Crippen LogP contribution in [-0.4, -0.2) is 90.7 Å². The van der Waals surface area contributed by atoms with E-state index in [1.54, 1.807) is 24.3 Å². The molecule has 0 spiro atoms. The number of aromatic nitrogens is 2. The van der Waals surface area contributed by atoms with Crippen molar-refractivity contribution in [3.63, 3.8) is 0 Å². The monoisotopic (exact) mass is 770 g/mol. The molecule has 1 atom stereocenters. The summed E-state index contributed by atoms with van der Waals surface area (Å²) in [6, 6.07) is 13.2. The second-order valence-corrected chi connectivity index (χ2v) is 14.6. The number of ether oxygens (including phenoxy) is 2. The fraction of sp³-hybridized carbons (Fsp3) is 0.390. The third-order valence-electron chi connectivity index (χ3n) is 10.9. The Balaban J connectivity index is 0.989. The first kappa shape index (κ1) is 37.5. The number of carbonyl (C=O) groups is 1. The van der Waals surface area contributed by atoms with Gasteiger partial charge in [-0.25, -0.2) is 28.2 Å². The van der Waals surface area contributed by atoms with Crippen LogP contribution in [0, 0.1) is 17.5 Å². The molecule has 4 heterocycles. The van der Waals surface area contributed by atoms with E-state index >= 15 is 0 Å². The molecule has 4 aromatic rings.